The van der Waals surface area contributed by atoms with Crippen molar-refractivity contribution in [3.8, 4) is 17.6 Å². The smallest absolute Gasteiger partial charge is 0.346 e. The van der Waals surface area contributed by atoms with Crippen LogP contribution in [0.4, 0.5) is 0 Å². The molecule has 4 heteroatoms. The van der Waals surface area contributed by atoms with Crippen LogP contribution in [0.2, 0.25) is 0 Å². The fourth-order valence-electron chi connectivity index (χ4n) is 6.53. The van der Waals surface area contributed by atoms with Gasteiger partial charge in [0.25, 0.3) is 0 Å². The van der Waals surface area contributed by atoms with Crippen LogP contribution < -0.4 is 4.74 Å². The van der Waals surface area contributed by atoms with Crippen molar-refractivity contribution in [2.75, 3.05) is 7.11 Å². The third-order valence-corrected chi connectivity index (χ3v) is 8.39. The van der Waals surface area contributed by atoms with E-state index in [9.17, 15) is 9.90 Å². The third kappa shape index (κ3) is 3.26. The predicted molar refractivity (Wildman–Crippen MR) is 115 cm³/mol. The standard InChI is InChI=1S/C25H26O3S/c1-15-7-20(29-23(15)24(26)27)5-3-16-4-6-22(28-2)21(11-16)25-12-17-8-18(13-25)10-19(9-17)14-25/h4,6-7,11,17-19H,8-10,12-14H2,1-2H3,(H,26,27). The van der Waals surface area contributed by atoms with Crippen LogP contribution in [-0.2, 0) is 5.41 Å². The molecule has 0 radical (unpaired) electrons. The highest BCUT2D eigenvalue weighted by molar-refractivity contribution is 7.14. The van der Waals surface area contributed by atoms with Crippen LogP contribution in [-0.4, -0.2) is 18.2 Å². The van der Waals surface area contributed by atoms with Gasteiger partial charge in [-0.15, -0.1) is 11.3 Å². The molecule has 1 aromatic heterocycles. The molecule has 150 valence electrons. The third-order valence-electron chi connectivity index (χ3n) is 7.25. The van der Waals surface area contributed by atoms with Gasteiger partial charge in [0.15, 0.2) is 0 Å². The van der Waals surface area contributed by atoms with E-state index < -0.39 is 5.97 Å². The summed E-state index contributed by atoms with van der Waals surface area (Å²) >= 11 is 1.25. The summed E-state index contributed by atoms with van der Waals surface area (Å²) in [6.45, 7) is 1.82. The summed E-state index contributed by atoms with van der Waals surface area (Å²) < 4.78 is 5.79. The fraction of sp³-hybridized carbons (Fsp3) is 0.480. The summed E-state index contributed by atoms with van der Waals surface area (Å²) in [5.74, 6) is 9.21. The zero-order chi connectivity index (χ0) is 20.2. The number of rotatable bonds is 3. The Labute approximate surface area is 176 Å². The molecule has 6 rings (SSSR count). The molecule has 0 unspecified atom stereocenters. The molecular formula is C25H26O3S. The number of thiophene rings is 1. The predicted octanol–water partition coefficient (Wildman–Crippen LogP) is 5.63. The van der Waals surface area contributed by atoms with E-state index in [0.29, 0.717) is 4.88 Å². The fourth-order valence-corrected chi connectivity index (χ4v) is 7.40. The highest BCUT2D eigenvalue weighted by Crippen LogP contribution is 2.61. The van der Waals surface area contributed by atoms with Gasteiger partial charge in [0.1, 0.15) is 10.6 Å². The topological polar surface area (TPSA) is 46.5 Å². The van der Waals surface area contributed by atoms with Gasteiger partial charge in [-0.05, 0) is 98.4 Å². The van der Waals surface area contributed by atoms with Gasteiger partial charge >= 0.3 is 5.97 Å². The quantitative estimate of drug-likeness (QED) is 0.672. The van der Waals surface area contributed by atoms with Crippen LogP contribution in [0.5, 0.6) is 5.75 Å². The highest BCUT2D eigenvalue weighted by Gasteiger charge is 2.52. The zero-order valence-corrected chi connectivity index (χ0v) is 17.8. The number of carbonyl (C=O) groups is 1. The number of aromatic carboxylic acids is 1. The first-order valence-electron chi connectivity index (χ1n) is 10.5. The highest BCUT2D eigenvalue weighted by atomic mass is 32.1. The normalized spacial score (nSPS) is 29.4. The van der Waals surface area contributed by atoms with Crippen LogP contribution in [0.1, 0.15) is 69.8 Å². The number of carboxylic acids is 1. The summed E-state index contributed by atoms with van der Waals surface area (Å²) in [5, 5.41) is 9.26. The number of ether oxygens (including phenoxy) is 1. The van der Waals surface area contributed by atoms with Crippen molar-refractivity contribution in [3.05, 3.63) is 50.7 Å². The van der Waals surface area contributed by atoms with E-state index in [0.717, 1.165) is 39.5 Å². The molecule has 4 bridgehead atoms. The molecule has 4 fully saturated rings. The summed E-state index contributed by atoms with van der Waals surface area (Å²) in [6.07, 6.45) is 8.13. The number of hydrogen-bond donors (Lipinski definition) is 1. The van der Waals surface area contributed by atoms with Crippen molar-refractivity contribution >= 4 is 17.3 Å². The van der Waals surface area contributed by atoms with Crippen molar-refractivity contribution in [1.82, 2.24) is 0 Å². The number of hydrogen-bond acceptors (Lipinski definition) is 3. The Morgan fingerprint density at radius 3 is 2.31 bits per heavy atom. The van der Waals surface area contributed by atoms with Crippen molar-refractivity contribution in [1.29, 1.82) is 0 Å². The minimum absolute atomic E-state index is 0.258. The van der Waals surface area contributed by atoms with Crippen LogP contribution in [0.3, 0.4) is 0 Å². The summed E-state index contributed by atoms with van der Waals surface area (Å²) in [7, 11) is 1.77. The zero-order valence-electron chi connectivity index (χ0n) is 17.0. The van der Waals surface area contributed by atoms with E-state index in [-0.39, 0.29) is 5.41 Å². The molecule has 4 saturated carbocycles. The Morgan fingerprint density at radius 2 is 1.76 bits per heavy atom. The minimum Gasteiger partial charge on any atom is -0.496 e. The second-order valence-electron chi connectivity index (χ2n) is 9.29. The molecule has 0 aliphatic heterocycles. The monoisotopic (exact) mass is 406 g/mol. The van der Waals surface area contributed by atoms with Crippen LogP contribution in [0, 0.1) is 36.5 Å². The minimum atomic E-state index is -0.880. The molecule has 29 heavy (non-hydrogen) atoms. The summed E-state index contributed by atoms with van der Waals surface area (Å²) in [4.78, 5) is 12.5. The number of carboxylic acid groups (broad SMARTS) is 1. The second-order valence-corrected chi connectivity index (χ2v) is 10.3. The maximum Gasteiger partial charge on any atom is 0.346 e. The molecule has 1 heterocycles. The van der Waals surface area contributed by atoms with E-state index in [1.165, 1.54) is 55.4 Å². The van der Waals surface area contributed by atoms with E-state index in [1.807, 2.05) is 19.1 Å². The van der Waals surface area contributed by atoms with Crippen LogP contribution in [0.15, 0.2) is 24.3 Å². The lowest BCUT2D eigenvalue weighted by atomic mass is 9.48. The average molecular weight is 407 g/mol. The molecule has 1 aromatic carbocycles. The van der Waals surface area contributed by atoms with Gasteiger partial charge in [-0.1, -0.05) is 11.8 Å². The molecule has 2 aromatic rings. The van der Waals surface area contributed by atoms with Crippen molar-refractivity contribution < 1.29 is 14.6 Å². The van der Waals surface area contributed by atoms with Gasteiger partial charge in [-0.25, -0.2) is 4.79 Å². The number of aryl methyl sites for hydroxylation is 1. The van der Waals surface area contributed by atoms with Gasteiger partial charge in [0, 0.05) is 11.1 Å². The van der Waals surface area contributed by atoms with Gasteiger partial charge in [-0.3, -0.25) is 0 Å². The molecular weight excluding hydrogens is 380 g/mol. The number of methoxy groups -OCH3 is 1. The van der Waals surface area contributed by atoms with Gasteiger partial charge < -0.3 is 9.84 Å². The lowest BCUT2D eigenvalue weighted by Gasteiger charge is -2.57. The van der Waals surface area contributed by atoms with E-state index in [4.69, 9.17) is 4.74 Å². The SMILES string of the molecule is COc1ccc(C#Cc2cc(C)c(C(=O)O)s2)cc1C12CC3CC(CC(C3)C1)C2. The summed E-state index contributed by atoms with van der Waals surface area (Å²) in [5.41, 5.74) is 3.36. The first-order chi connectivity index (χ1) is 14.0. The van der Waals surface area contributed by atoms with Gasteiger partial charge in [0.2, 0.25) is 0 Å². The van der Waals surface area contributed by atoms with Crippen LogP contribution in [0.25, 0.3) is 0 Å². The first-order valence-corrected chi connectivity index (χ1v) is 11.3. The molecule has 0 atom stereocenters. The molecule has 0 spiro atoms. The van der Waals surface area contributed by atoms with Crippen molar-refractivity contribution in [2.45, 2.75) is 50.9 Å². The number of benzene rings is 1. The largest absolute Gasteiger partial charge is 0.496 e. The van der Waals surface area contributed by atoms with E-state index in [1.54, 1.807) is 7.11 Å². The van der Waals surface area contributed by atoms with E-state index in [2.05, 4.69) is 24.0 Å². The Balaban J connectivity index is 1.50. The maximum atomic E-state index is 11.3. The second kappa shape index (κ2) is 6.92. The molecule has 4 aliphatic rings. The molecule has 0 saturated heterocycles. The average Bonchev–Trinajstić information content (AvgIpc) is 3.06. The van der Waals surface area contributed by atoms with Crippen molar-refractivity contribution in [3.63, 3.8) is 0 Å². The van der Waals surface area contributed by atoms with E-state index >= 15 is 0 Å². The van der Waals surface area contributed by atoms with Crippen molar-refractivity contribution in [2.24, 2.45) is 17.8 Å². The Morgan fingerprint density at radius 1 is 1.10 bits per heavy atom. The Kier molecular flexibility index (Phi) is 4.47. The molecule has 3 nitrogen and oxygen atoms in total. The lowest BCUT2D eigenvalue weighted by molar-refractivity contribution is -0.00616. The lowest BCUT2D eigenvalue weighted by Crippen LogP contribution is -2.48. The Bertz CT molecular complexity index is 1000. The van der Waals surface area contributed by atoms with Gasteiger partial charge in [-0.2, -0.15) is 0 Å². The summed E-state index contributed by atoms with van der Waals surface area (Å²) in [6, 6.07) is 8.21. The van der Waals surface area contributed by atoms with Gasteiger partial charge in [0.05, 0.1) is 12.0 Å². The maximum absolute atomic E-state index is 11.3. The molecule has 0 amide bonds. The van der Waals surface area contributed by atoms with Crippen LogP contribution >= 0.6 is 11.3 Å². The first kappa shape index (κ1) is 18.8. The molecule has 4 aliphatic carbocycles. The Hall–Kier alpha value is -2.25. The molecule has 1 N–H and O–H groups in total.